The lowest BCUT2D eigenvalue weighted by molar-refractivity contribution is 0.359. The summed E-state index contributed by atoms with van der Waals surface area (Å²) >= 11 is 0. The van der Waals surface area contributed by atoms with Gasteiger partial charge in [0.05, 0.1) is 5.52 Å². The minimum atomic E-state index is -0.275. The standard InChI is InChI=1S/C16H24N2O2/c1-5-11(6-2)15(17-4)12-8-9-13-14(10-12)20-16(19)18(13)7-3/h8-11,15,17H,5-7H2,1-4H3. The number of benzene rings is 1. The van der Waals surface area contributed by atoms with Crippen molar-refractivity contribution in [2.75, 3.05) is 7.05 Å². The average Bonchev–Trinajstić information content (AvgIpc) is 2.78. The molecule has 2 rings (SSSR count). The van der Waals surface area contributed by atoms with E-state index in [9.17, 15) is 4.79 Å². The Kier molecular flexibility index (Phi) is 4.65. The topological polar surface area (TPSA) is 47.2 Å². The summed E-state index contributed by atoms with van der Waals surface area (Å²) < 4.78 is 7.01. The minimum Gasteiger partial charge on any atom is -0.408 e. The number of fused-ring (bicyclic) bond motifs is 1. The normalized spacial score (nSPS) is 13.2. The molecule has 0 bridgehead atoms. The monoisotopic (exact) mass is 276 g/mol. The Balaban J connectivity index is 2.47. The van der Waals surface area contributed by atoms with Crippen molar-refractivity contribution in [2.45, 2.75) is 46.2 Å². The van der Waals surface area contributed by atoms with Gasteiger partial charge in [-0.2, -0.15) is 0 Å². The first-order valence-electron chi connectivity index (χ1n) is 7.46. The molecule has 0 spiro atoms. The molecule has 4 heteroatoms. The van der Waals surface area contributed by atoms with E-state index in [1.54, 1.807) is 4.57 Å². The van der Waals surface area contributed by atoms with Crippen LogP contribution in [0.5, 0.6) is 0 Å². The summed E-state index contributed by atoms with van der Waals surface area (Å²) in [5.41, 5.74) is 2.74. The van der Waals surface area contributed by atoms with Gasteiger partial charge < -0.3 is 9.73 Å². The van der Waals surface area contributed by atoms with Crippen molar-refractivity contribution in [2.24, 2.45) is 5.92 Å². The van der Waals surface area contributed by atoms with Crippen LogP contribution in [-0.2, 0) is 6.54 Å². The number of hydrogen-bond acceptors (Lipinski definition) is 3. The van der Waals surface area contributed by atoms with Crippen molar-refractivity contribution < 1.29 is 4.42 Å². The van der Waals surface area contributed by atoms with Gasteiger partial charge in [-0.3, -0.25) is 4.57 Å². The van der Waals surface area contributed by atoms with Crippen LogP contribution in [0.15, 0.2) is 27.4 Å². The third-order valence-corrected chi connectivity index (χ3v) is 4.20. The van der Waals surface area contributed by atoms with Gasteiger partial charge >= 0.3 is 5.76 Å². The van der Waals surface area contributed by atoms with E-state index in [0.717, 1.165) is 18.4 Å². The summed E-state index contributed by atoms with van der Waals surface area (Å²) in [5.74, 6) is 0.306. The SMILES string of the molecule is CCC(CC)C(NC)c1ccc2c(c1)oc(=O)n2CC. The third kappa shape index (κ3) is 2.52. The van der Waals surface area contributed by atoms with Crippen molar-refractivity contribution >= 4 is 11.1 Å². The van der Waals surface area contributed by atoms with E-state index < -0.39 is 0 Å². The Labute approximate surface area is 119 Å². The molecule has 0 radical (unpaired) electrons. The fraction of sp³-hybridized carbons (Fsp3) is 0.562. The molecule has 0 amide bonds. The number of nitrogens with one attached hydrogen (secondary N) is 1. The Hall–Kier alpha value is -1.55. The molecule has 110 valence electrons. The number of nitrogens with zero attached hydrogens (tertiary/aromatic N) is 1. The zero-order chi connectivity index (χ0) is 14.7. The summed E-state index contributed by atoms with van der Waals surface area (Å²) in [4.78, 5) is 11.7. The van der Waals surface area contributed by atoms with E-state index in [1.807, 2.05) is 26.1 Å². The first-order chi connectivity index (χ1) is 9.65. The van der Waals surface area contributed by atoms with Gasteiger partial charge in [0.15, 0.2) is 5.58 Å². The lowest BCUT2D eigenvalue weighted by Gasteiger charge is -2.25. The third-order valence-electron chi connectivity index (χ3n) is 4.20. The Morgan fingerprint density at radius 2 is 1.95 bits per heavy atom. The van der Waals surface area contributed by atoms with Crippen molar-refractivity contribution in [3.63, 3.8) is 0 Å². The Bertz CT molecular complexity index is 623. The van der Waals surface area contributed by atoms with Crippen molar-refractivity contribution in [1.29, 1.82) is 0 Å². The van der Waals surface area contributed by atoms with Crippen LogP contribution in [0.3, 0.4) is 0 Å². The highest BCUT2D eigenvalue weighted by molar-refractivity contribution is 5.74. The zero-order valence-electron chi connectivity index (χ0n) is 12.8. The predicted molar refractivity (Wildman–Crippen MR) is 82.0 cm³/mol. The van der Waals surface area contributed by atoms with Gasteiger partial charge in [-0.1, -0.05) is 32.8 Å². The van der Waals surface area contributed by atoms with Crippen LogP contribution in [-0.4, -0.2) is 11.6 Å². The summed E-state index contributed by atoms with van der Waals surface area (Å²) in [6.45, 7) is 7.01. The zero-order valence-corrected chi connectivity index (χ0v) is 12.8. The molecule has 1 aromatic carbocycles. The second-order valence-corrected chi connectivity index (χ2v) is 5.18. The summed E-state index contributed by atoms with van der Waals surface area (Å²) in [7, 11) is 1.99. The van der Waals surface area contributed by atoms with E-state index in [-0.39, 0.29) is 5.76 Å². The number of aryl methyl sites for hydroxylation is 1. The quantitative estimate of drug-likeness (QED) is 0.880. The molecule has 0 aliphatic rings. The number of rotatable bonds is 6. The Morgan fingerprint density at radius 3 is 2.50 bits per heavy atom. The number of oxazole rings is 1. The highest BCUT2D eigenvalue weighted by atomic mass is 16.4. The summed E-state index contributed by atoms with van der Waals surface area (Å²) in [6, 6.07) is 6.39. The molecule has 4 nitrogen and oxygen atoms in total. The maximum absolute atomic E-state index is 11.7. The van der Waals surface area contributed by atoms with Crippen molar-refractivity contribution in [1.82, 2.24) is 9.88 Å². The van der Waals surface area contributed by atoms with Crippen LogP contribution >= 0.6 is 0 Å². The van der Waals surface area contributed by atoms with Gasteiger partial charge in [0, 0.05) is 12.6 Å². The first-order valence-corrected chi connectivity index (χ1v) is 7.46. The van der Waals surface area contributed by atoms with E-state index >= 15 is 0 Å². The second kappa shape index (κ2) is 6.27. The van der Waals surface area contributed by atoms with E-state index in [2.05, 4.69) is 25.2 Å². The molecular weight excluding hydrogens is 252 g/mol. The van der Waals surface area contributed by atoms with Gasteiger partial charge in [-0.25, -0.2) is 4.79 Å². The second-order valence-electron chi connectivity index (χ2n) is 5.18. The molecule has 20 heavy (non-hydrogen) atoms. The average molecular weight is 276 g/mol. The maximum atomic E-state index is 11.7. The smallest absolute Gasteiger partial charge is 0.408 e. The molecule has 0 saturated carbocycles. The van der Waals surface area contributed by atoms with Crippen LogP contribution in [0.2, 0.25) is 0 Å². The first kappa shape index (κ1) is 14.9. The molecule has 1 heterocycles. The molecule has 0 aliphatic carbocycles. The van der Waals surface area contributed by atoms with Gasteiger partial charge in [-0.05, 0) is 37.6 Å². The molecule has 0 fully saturated rings. The molecule has 0 saturated heterocycles. The van der Waals surface area contributed by atoms with Crippen LogP contribution in [0.4, 0.5) is 0 Å². The highest BCUT2D eigenvalue weighted by Gasteiger charge is 2.20. The van der Waals surface area contributed by atoms with E-state index in [0.29, 0.717) is 24.1 Å². The fourth-order valence-electron chi connectivity index (χ4n) is 3.01. The lowest BCUT2D eigenvalue weighted by Crippen LogP contribution is -2.24. The molecular formula is C16H24N2O2. The molecule has 1 unspecified atom stereocenters. The molecule has 1 N–H and O–H groups in total. The van der Waals surface area contributed by atoms with Crippen LogP contribution < -0.4 is 11.1 Å². The van der Waals surface area contributed by atoms with E-state index in [4.69, 9.17) is 4.42 Å². The number of aromatic nitrogens is 1. The van der Waals surface area contributed by atoms with E-state index in [1.165, 1.54) is 5.56 Å². The van der Waals surface area contributed by atoms with Crippen LogP contribution in [0, 0.1) is 5.92 Å². The van der Waals surface area contributed by atoms with Crippen LogP contribution in [0.25, 0.3) is 11.1 Å². The van der Waals surface area contributed by atoms with Crippen molar-refractivity contribution in [3.05, 3.63) is 34.3 Å². The largest absolute Gasteiger partial charge is 0.419 e. The minimum absolute atomic E-state index is 0.275. The van der Waals surface area contributed by atoms with Gasteiger partial charge in [0.1, 0.15) is 0 Å². The lowest BCUT2D eigenvalue weighted by atomic mass is 9.89. The summed E-state index contributed by atoms with van der Waals surface area (Å²) in [6.07, 6.45) is 2.25. The predicted octanol–water partition coefficient (Wildman–Crippen LogP) is 3.31. The van der Waals surface area contributed by atoms with Gasteiger partial charge in [0.2, 0.25) is 0 Å². The highest BCUT2D eigenvalue weighted by Crippen LogP contribution is 2.29. The number of hydrogen-bond donors (Lipinski definition) is 1. The Morgan fingerprint density at radius 1 is 1.25 bits per heavy atom. The van der Waals surface area contributed by atoms with Crippen molar-refractivity contribution in [3.8, 4) is 0 Å². The molecule has 2 aromatic rings. The molecule has 0 aliphatic heterocycles. The maximum Gasteiger partial charge on any atom is 0.419 e. The fourth-order valence-corrected chi connectivity index (χ4v) is 3.01. The van der Waals surface area contributed by atoms with Crippen LogP contribution in [0.1, 0.15) is 45.2 Å². The van der Waals surface area contributed by atoms with Gasteiger partial charge in [-0.15, -0.1) is 0 Å². The van der Waals surface area contributed by atoms with Gasteiger partial charge in [0.25, 0.3) is 0 Å². The molecule has 1 atom stereocenters. The molecule has 1 aromatic heterocycles. The summed E-state index contributed by atoms with van der Waals surface area (Å²) in [5, 5.41) is 3.39.